The predicted octanol–water partition coefficient (Wildman–Crippen LogP) is 3.76. The Morgan fingerprint density at radius 3 is 3.00 bits per heavy atom. The molecule has 1 aromatic rings. The third-order valence-electron chi connectivity index (χ3n) is 2.98. The van der Waals surface area contributed by atoms with Crippen molar-refractivity contribution in [2.45, 2.75) is 31.9 Å². The van der Waals surface area contributed by atoms with Crippen LogP contribution in [0.3, 0.4) is 0 Å². The molecular weight excluding hydrogens is 302 g/mol. The van der Waals surface area contributed by atoms with Gasteiger partial charge < -0.3 is 10.1 Å². The van der Waals surface area contributed by atoms with E-state index in [1.54, 1.807) is 0 Å². The van der Waals surface area contributed by atoms with E-state index in [-0.39, 0.29) is 0 Å². The topological polar surface area (TPSA) is 21.3 Å². The highest BCUT2D eigenvalue weighted by Gasteiger charge is 2.13. The molecule has 0 spiro atoms. The number of halogens is 2. The van der Waals surface area contributed by atoms with Gasteiger partial charge in [-0.15, -0.1) is 0 Å². The van der Waals surface area contributed by atoms with Crippen molar-refractivity contribution in [3.63, 3.8) is 0 Å². The van der Waals surface area contributed by atoms with Gasteiger partial charge in [0.05, 0.1) is 6.10 Å². The Bertz CT molecular complexity index is 366. The van der Waals surface area contributed by atoms with Crippen molar-refractivity contribution in [2.75, 3.05) is 13.2 Å². The van der Waals surface area contributed by atoms with Gasteiger partial charge in [-0.3, -0.25) is 0 Å². The Morgan fingerprint density at radius 2 is 2.29 bits per heavy atom. The second-order valence-electron chi connectivity index (χ2n) is 4.36. The first-order valence-corrected chi connectivity index (χ1v) is 7.19. The lowest BCUT2D eigenvalue weighted by atomic mass is 10.1. The molecule has 1 aliphatic rings. The second-order valence-corrected chi connectivity index (χ2v) is 5.65. The summed E-state index contributed by atoms with van der Waals surface area (Å²) in [6.45, 7) is 2.68. The van der Waals surface area contributed by atoms with E-state index >= 15 is 0 Å². The molecule has 4 heteroatoms. The molecule has 0 aromatic heterocycles. The molecular formula is C13H17BrClNO. The van der Waals surface area contributed by atoms with Crippen molar-refractivity contribution >= 4 is 27.5 Å². The molecule has 2 nitrogen and oxygen atoms in total. The van der Waals surface area contributed by atoms with E-state index < -0.39 is 0 Å². The molecule has 1 saturated heterocycles. The van der Waals surface area contributed by atoms with Crippen LogP contribution in [-0.2, 0) is 11.3 Å². The van der Waals surface area contributed by atoms with E-state index in [9.17, 15) is 0 Å². The van der Waals surface area contributed by atoms with Crippen LogP contribution >= 0.6 is 27.5 Å². The largest absolute Gasteiger partial charge is 0.377 e. The molecule has 1 aliphatic heterocycles. The van der Waals surface area contributed by atoms with Crippen molar-refractivity contribution in [3.8, 4) is 0 Å². The fraction of sp³-hybridized carbons (Fsp3) is 0.538. The number of rotatable bonds is 4. The zero-order valence-corrected chi connectivity index (χ0v) is 12.1. The SMILES string of the molecule is Clc1ccc(CNCC2CCCCO2)c(Br)c1. The molecule has 1 aromatic carbocycles. The molecule has 1 N–H and O–H groups in total. The summed E-state index contributed by atoms with van der Waals surface area (Å²) in [6, 6.07) is 5.89. The van der Waals surface area contributed by atoms with Gasteiger partial charge in [0, 0.05) is 29.2 Å². The quantitative estimate of drug-likeness (QED) is 0.912. The first kappa shape index (κ1) is 13.3. The van der Waals surface area contributed by atoms with Crippen LogP contribution in [-0.4, -0.2) is 19.3 Å². The zero-order valence-electron chi connectivity index (χ0n) is 9.72. The molecule has 17 heavy (non-hydrogen) atoms. The fourth-order valence-electron chi connectivity index (χ4n) is 2.00. The monoisotopic (exact) mass is 317 g/mol. The van der Waals surface area contributed by atoms with Crippen LogP contribution in [0.1, 0.15) is 24.8 Å². The molecule has 1 unspecified atom stereocenters. The minimum absolute atomic E-state index is 0.384. The molecule has 1 fully saturated rings. The number of hydrogen-bond donors (Lipinski definition) is 1. The molecule has 94 valence electrons. The van der Waals surface area contributed by atoms with E-state index in [0.29, 0.717) is 6.10 Å². The third-order valence-corrected chi connectivity index (χ3v) is 3.95. The smallest absolute Gasteiger partial charge is 0.0699 e. The molecule has 0 saturated carbocycles. The molecule has 2 rings (SSSR count). The van der Waals surface area contributed by atoms with Gasteiger partial charge in [0.1, 0.15) is 0 Å². The summed E-state index contributed by atoms with van der Waals surface area (Å²) in [5.41, 5.74) is 1.23. The van der Waals surface area contributed by atoms with Crippen molar-refractivity contribution in [1.82, 2.24) is 5.32 Å². The summed E-state index contributed by atoms with van der Waals surface area (Å²) >= 11 is 9.42. The van der Waals surface area contributed by atoms with E-state index in [4.69, 9.17) is 16.3 Å². The highest BCUT2D eigenvalue weighted by atomic mass is 79.9. The van der Waals surface area contributed by atoms with Gasteiger partial charge in [-0.05, 0) is 37.0 Å². The first-order chi connectivity index (χ1) is 8.25. The van der Waals surface area contributed by atoms with Crippen molar-refractivity contribution < 1.29 is 4.74 Å². The normalized spacial score (nSPS) is 20.5. The Hall–Kier alpha value is -0.0900. The standard InChI is InChI=1S/C13H17BrClNO/c14-13-7-11(15)5-4-10(13)8-16-9-12-3-1-2-6-17-12/h4-5,7,12,16H,1-3,6,8-9H2. The summed E-state index contributed by atoms with van der Waals surface area (Å²) in [4.78, 5) is 0. The summed E-state index contributed by atoms with van der Waals surface area (Å²) in [7, 11) is 0. The maximum absolute atomic E-state index is 5.90. The summed E-state index contributed by atoms with van der Waals surface area (Å²) in [5.74, 6) is 0. The average molecular weight is 319 g/mol. The first-order valence-electron chi connectivity index (χ1n) is 6.02. The Morgan fingerprint density at radius 1 is 1.41 bits per heavy atom. The molecule has 0 aliphatic carbocycles. The number of hydrogen-bond acceptors (Lipinski definition) is 2. The van der Waals surface area contributed by atoms with Crippen molar-refractivity contribution in [3.05, 3.63) is 33.3 Å². The predicted molar refractivity (Wildman–Crippen MR) is 74.4 cm³/mol. The second kappa shape index (κ2) is 6.74. The van der Waals surface area contributed by atoms with Crippen LogP contribution in [0, 0.1) is 0 Å². The number of nitrogens with one attached hydrogen (secondary N) is 1. The minimum atomic E-state index is 0.384. The lowest BCUT2D eigenvalue weighted by molar-refractivity contribution is 0.0168. The van der Waals surface area contributed by atoms with E-state index in [2.05, 4.69) is 21.2 Å². The van der Waals surface area contributed by atoms with Gasteiger partial charge in [0.25, 0.3) is 0 Å². The van der Waals surface area contributed by atoms with Crippen LogP contribution in [0.15, 0.2) is 22.7 Å². The molecule has 0 bridgehead atoms. The van der Waals surface area contributed by atoms with Crippen LogP contribution in [0.4, 0.5) is 0 Å². The molecule has 0 radical (unpaired) electrons. The van der Waals surface area contributed by atoms with Gasteiger partial charge in [0.2, 0.25) is 0 Å². The highest BCUT2D eigenvalue weighted by molar-refractivity contribution is 9.10. The van der Waals surface area contributed by atoms with Gasteiger partial charge in [0.15, 0.2) is 0 Å². The third kappa shape index (κ3) is 4.25. The summed E-state index contributed by atoms with van der Waals surface area (Å²) < 4.78 is 6.73. The highest BCUT2D eigenvalue weighted by Crippen LogP contribution is 2.21. The minimum Gasteiger partial charge on any atom is -0.377 e. The maximum atomic E-state index is 5.90. The Balaban J connectivity index is 1.77. The van der Waals surface area contributed by atoms with Crippen LogP contribution in [0.5, 0.6) is 0 Å². The van der Waals surface area contributed by atoms with Crippen LogP contribution in [0.2, 0.25) is 5.02 Å². The van der Waals surface area contributed by atoms with E-state index in [1.807, 2.05) is 18.2 Å². The number of benzene rings is 1. The van der Waals surface area contributed by atoms with Crippen molar-refractivity contribution in [2.24, 2.45) is 0 Å². The van der Waals surface area contributed by atoms with Crippen LogP contribution in [0.25, 0.3) is 0 Å². The Labute approximate surface area is 116 Å². The average Bonchev–Trinajstić information content (AvgIpc) is 2.33. The molecule has 1 atom stereocenters. The van der Waals surface area contributed by atoms with Crippen molar-refractivity contribution in [1.29, 1.82) is 0 Å². The summed E-state index contributed by atoms with van der Waals surface area (Å²) in [5, 5.41) is 4.19. The van der Waals surface area contributed by atoms with Crippen LogP contribution < -0.4 is 5.32 Å². The lowest BCUT2D eigenvalue weighted by Crippen LogP contribution is -2.31. The maximum Gasteiger partial charge on any atom is 0.0699 e. The summed E-state index contributed by atoms with van der Waals surface area (Å²) in [6.07, 6.45) is 4.06. The van der Waals surface area contributed by atoms with Gasteiger partial charge in [-0.1, -0.05) is 33.6 Å². The van der Waals surface area contributed by atoms with Gasteiger partial charge in [-0.25, -0.2) is 0 Å². The zero-order chi connectivity index (χ0) is 12.1. The van der Waals surface area contributed by atoms with E-state index in [0.717, 1.165) is 29.2 Å². The van der Waals surface area contributed by atoms with Gasteiger partial charge in [-0.2, -0.15) is 0 Å². The molecule has 0 amide bonds. The van der Waals surface area contributed by atoms with Gasteiger partial charge >= 0.3 is 0 Å². The number of ether oxygens (including phenoxy) is 1. The Kier molecular flexibility index (Phi) is 5.29. The molecule has 1 heterocycles. The fourth-order valence-corrected chi connectivity index (χ4v) is 2.82. The van der Waals surface area contributed by atoms with E-state index in [1.165, 1.54) is 24.8 Å². The lowest BCUT2D eigenvalue weighted by Gasteiger charge is -2.22.